The number of para-hydroxylation sites is 2. The summed E-state index contributed by atoms with van der Waals surface area (Å²) in [6.07, 6.45) is 0. The van der Waals surface area contributed by atoms with Gasteiger partial charge in [0.1, 0.15) is 0 Å². The maximum atomic E-state index is 3.54. The standard InChI is InChI=1S/C18H14NSi/c20-18-13-11-17(12-14-18)19(15-7-3-1-4-8-15)16-9-5-2-6-10-16/h1-14H. The molecule has 3 radical (unpaired) electrons. The summed E-state index contributed by atoms with van der Waals surface area (Å²) in [5.41, 5.74) is 3.45. The van der Waals surface area contributed by atoms with Crippen LogP contribution in [0.4, 0.5) is 17.1 Å². The molecule has 0 bridgehead atoms. The van der Waals surface area contributed by atoms with E-state index in [-0.39, 0.29) is 0 Å². The van der Waals surface area contributed by atoms with Crippen LogP contribution in [0.5, 0.6) is 0 Å². The Labute approximate surface area is 122 Å². The second kappa shape index (κ2) is 5.76. The van der Waals surface area contributed by atoms with Gasteiger partial charge in [-0.15, -0.1) is 0 Å². The van der Waals surface area contributed by atoms with E-state index in [0.717, 1.165) is 22.2 Å². The fourth-order valence-electron chi connectivity index (χ4n) is 2.21. The fourth-order valence-corrected chi connectivity index (χ4v) is 2.38. The lowest BCUT2D eigenvalue weighted by Gasteiger charge is -2.25. The van der Waals surface area contributed by atoms with E-state index < -0.39 is 0 Å². The van der Waals surface area contributed by atoms with E-state index in [2.05, 4.69) is 87.9 Å². The average molecular weight is 272 g/mol. The van der Waals surface area contributed by atoms with E-state index in [1.807, 2.05) is 12.1 Å². The van der Waals surface area contributed by atoms with Gasteiger partial charge in [-0.2, -0.15) is 0 Å². The highest BCUT2D eigenvalue weighted by atomic mass is 28.1. The van der Waals surface area contributed by atoms with Gasteiger partial charge in [0.05, 0.1) is 10.2 Å². The Morgan fingerprint density at radius 3 is 1.35 bits per heavy atom. The molecule has 20 heavy (non-hydrogen) atoms. The fraction of sp³-hybridized carbons (Fsp3) is 0. The second-order valence-corrected chi connectivity index (χ2v) is 5.13. The lowest BCUT2D eigenvalue weighted by molar-refractivity contribution is 1.29. The van der Waals surface area contributed by atoms with Crippen molar-refractivity contribution in [3.63, 3.8) is 0 Å². The summed E-state index contributed by atoms with van der Waals surface area (Å²) < 4.78 is 0. The predicted molar refractivity (Wildman–Crippen MR) is 86.5 cm³/mol. The molecule has 0 unspecified atom stereocenters. The third-order valence-electron chi connectivity index (χ3n) is 3.15. The minimum atomic E-state index is 1.08. The molecule has 0 aromatic heterocycles. The van der Waals surface area contributed by atoms with Crippen LogP contribution in [0.1, 0.15) is 0 Å². The Kier molecular flexibility index (Phi) is 3.66. The van der Waals surface area contributed by atoms with Crippen LogP contribution < -0.4 is 10.1 Å². The molecule has 0 spiro atoms. The summed E-state index contributed by atoms with van der Waals surface area (Å²) in [5.74, 6) is 0. The van der Waals surface area contributed by atoms with E-state index >= 15 is 0 Å². The van der Waals surface area contributed by atoms with E-state index in [9.17, 15) is 0 Å². The zero-order valence-corrected chi connectivity index (χ0v) is 12.0. The van der Waals surface area contributed by atoms with Gasteiger partial charge in [0.25, 0.3) is 0 Å². The average Bonchev–Trinajstić information content (AvgIpc) is 2.52. The Balaban J connectivity index is 2.11. The molecule has 0 atom stereocenters. The smallest absolute Gasteiger partial charge is 0.0711 e. The van der Waals surface area contributed by atoms with Crippen LogP contribution in [0.25, 0.3) is 0 Å². The normalized spacial score (nSPS) is 10.2. The maximum Gasteiger partial charge on any atom is 0.0711 e. The first kappa shape index (κ1) is 12.7. The Bertz CT molecular complexity index is 623. The van der Waals surface area contributed by atoms with Crippen LogP contribution in [-0.2, 0) is 0 Å². The van der Waals surface area contributed by atoms with Gasteiger partial charge >= 0.3 is 0 Å². The van der Waals surface area contributed by atoms with Gasteiger partial charge in [-0.1, -0.05) is 53.7 Å². The summed E-state index contributed by atoms with van der Waals surface area (Å²) in [7, 11) is 3.54. The molecular formula is C18H14NSi. The van der Waals surface area contributed by atoms with Crippen molar-refractivity contribution in [1.82, 2.24) is 0 Å². The van der Waals surface area contributed by atoms with Crippen molar-refractivity contribution in [3.8, 4) is 0 Å². The minimum Gasteiger partial charge on any atom is -0.311 e. The van der Waals surface area contributed by atoms with Gasteiger partial charge in [-0.25, -0.2) is 0 Å². The number of rotatable bonds is 3. The van der Waals surface area contributed by atoms with Crippen LogP contribution in [0.15, 0.2) is 84.9 Å². The van der Waals surface area contributed by atoms with Gasteiger partial charge < -0.3 is 4.90 Å². The summed E-state index contributed by atoms with van der Waals surface area (Å²) in [5, 5.41) is 1.08. The third kappa shape index (κ3) is 2.65. The van der Waals surface area contributed by atoms with Crippen molar-refractivity contribution in [1.29, 1.82) is 0 Å². The van der Waals surface area contributed by atoms with Gasteiger partial charge in [0.15, 0.2) is 0 Å². The maximum absolute atomic E-state index is 3.54. The lowest BCUT2D eigenvalue weighted by atomic mass is 10.2. The molecule has 1 nitrogen and oxygen atoms in total. The lowest BCUT2D eigenvalue weighted by Crippen LogP contribution is -2.11. The molecule has 0 aliphatic carbocycles. The van der Waals surface area contributed by atoms with Crippen molar-refractivity contribution in [2.45, 2.75) is 0 Å². The molecule has 0 fully saturated rings. The van der Waals surface area contributed by atoms with E-state index in [0.29, 0.717) is 0 Å². The molecule has 0 amide bonds. The first-order valence-electron chi connectivity index (χ1n) is 6.56. The van der Waals surface area contributed by atoms with Crippen molar-refractivity contribution < 1.29 is 0 Å². The van der Waals surface area contributed by atoms with Crippen LogP contribution in [0.3, 0.4) is 0 Å². The highest BCUT2D eigenvalue weighted by molar-refractivity contribution is 6.32. The summed E-state index contributed by atoms with van der Waals surface area (Å²) in [6.45, 7) is 0. The topological polar surface area (TPSA) is 3.24 Å². The first-order valence-corrected chi connectivity index (χ1v) is 7.06. The number of hydrogen-bond acceptors (Lipinski definition) is 1. The monoisotopic (exact) mass is 272 g/mol. The molecule has 2 heteroatoms. The van der Waals surface area contributed by atoms with Crippen LogP contribution in [0.2, 0.25) is 0 Å². The molecule has 3 aromatic rings. The number of anilines is 3. The quantitative estimate of drug-likeness (QED) is 0.653. The Morgan fingerprint density at radius 1 is 0.500 bits per heavy atom. The minimum absolute atomic E-state index is 1.08. The zero-order valence-electron chi connectivity index (χ0n) is 11.0. The Morgan fingerprint density at radius 2 is 0.900 bits per heavy atom. The van der Waals surface area contributed by atoms with Crippen molar-refractivity contribution in [2.75, 3.05) is 4.90 Å². The van der Waals surface area contributed by atoms with Crippen molar-refractivity contribution >= 4 is 32.5 Å². The van der Waals surface area contributed by atoms with Crippen LogP contribution in [-0.4, -0.2) is 10.2 Å². The molecule has 3 rings (SSSR count). The largest absolute Gasteiger partial charge is 0.311 e. The van der Waals surface area contributed by atoms with E-state index in [1.54, 1.807) is 0 Å². The molecule has 3 aromatic carbocycles. The third-order valence-corrected chi connectivity index (χ3v) is 3.49. The number of hydrogen-bond donors (Lipinski definition) is 0. The van der Waals surface area contributed by atoms with Gasteiger partial charge in [0, 0.05) is 17.1 Å². The first-order chi connectivity index (χ1) is 9.84. The number of benzene rings is 3. The van der Waals surface area contributed by atoms with Crippen molar-refractivity contribution in [2.24, 2.45) is 0 Å². The molecule has 0 N–H and O–H groups in total. The van der Waals surface area contributed by atoms with Gasteiger partial charge in [-0.05, 0) is 36.4 Å². The SMILES string of the molecule is [Si]c1ccc(N(c2ccccc2)c2ccccc2)cc1. The zero-order chi connectivity index (χ0) is 13.8. The highest BCUT2D eigenvalue weighted by Gasteiger charge is 2.10. The molecule has 0 aliphatic heterocycles. The summed E-state index contributed by atoms with van der Waals surface area (Å²) in [6, 6.07) is 29.1. The molecule has 0 saturated heterocycles. The predicted octanol–water partition coefficient (Wildman–Crippen LogP) is 3.95. The van der Waals surface area contributed by atoms with Gasteiger partial charge in [0.2, 0.25) is 0 Å². The van der Waals surface area contributed by atoms with Gasteiger partial charge in [-0.3, -0.25) is 0 Å². The van der Waals surface area contributed by atoms with Crippen LogP contribution >= 0.6 is 0 Å². The molecular weight excluding hydrogens is 258 g/mol. The van der Waals surface area contributed by atoms with E-state index in [1.165, 1.54) is 0 Å². The van der Waals surface area contributed by atoms with Crippen molar-refractivity contribution in [3.05, 3.63) is 84.9 Å². The molecule has 0 saturated carbocycles. The molecule has 0 heterocycles. The second-order valence-electron chi connectivity index (χ2n) is 4.55. The molecule has 95 valence electrons. The summed E-state index contributed by atoms with van der Waals surface area (Å²) >= 11 is 0. The molecule has 0 aliphatic rings. The Hall–Kier alpha value is -2.32. The van der Waals surface area contributed by atoms with E-state index in [4.69, 9.17) is 0 Å². The number of nitrogens with zero attached hydrogens (tertiary/aromatic N) is 1. The summed E-state index contributed by atoms with van der Waals surface area (Å²) in [4.78, 5) is 2.24. The highest BCUT2D eigenvalue weighted by Crippen LogP contribution is 2.33. The van der Waals surface area contributed by atoms with Crippen LogP contribution in [0, 0.1) is 0 Å².